The lowest BCUT2D eigenvalue weighted by Gasteiger charge is -1.95. The number of hydrogen-bond donors (Lipinski definition) is 1. The maximum atomic E-state index is 8.55. The van der Waals surface area contributed by atoms with Crippen molar-refractivity contribution in [2.45, 2.75) is 19.8 Å². The summed E-state index contributed by atoms with van der Waals surface area (Å²) in [6.45, 7) is 4.05. The van der Waals surface area contributed by atoms with Gasteiger partial charge in [0.25, 0.3) is 0 Å². The Morgan fingerprint density at radius 3 is 2.64 bits per heavy atom. The molecule has 11 heavy (non-hydrogen) atoms. The Kier molecular flexibility index (Phi) is 2.20. The van der Waals surface area contributed by atoms with Crippen LogP contribution >= 0.6 is 12.8 Å². The third-order valence-electron chi connectivity index (χ3n) is 1.42. The molecule has 0 spiro atoms. The molecule has 0 aromatic carbocycles. The molecule has 0 saturated heterocycles. The lowest BCUT2D eigenvalue weighted by atomic mass is 10.1. The van der Waals surface area contributed by atoms with Gasteiger partial charge in [-0.15, -0.1) is 0 Å². The summed E-state index contributed by atoms with van der Waals surface area (Å²) in [5, 5.41) is 12.6. The van der Waals surface area contributed by atoms with Crippen molar-refractivity contribution in [1.29, 1.82) is 5.26 Å². The van der Waals surface area contributed by atoms with Gasteiger partial charge in [-0.25, -0.2) is 0 Å². The van der Waals surface area contributed by atoms with Crippen LogP contribution in [0.5, 0.6) is 0 Å². The number of hydrogen-bond acceptors (Lipinski definition) is 3. The minimum atomic E-state index is 0.343. The summed E-state index contributed by atoms with van der Waals surface area (Å²) in [6, 6.07) is 3.74. The van der Waals surface area contributed by atoms with Gasteiger partial charge in [-0.2, -0.15) is 14.4 Å². The Hall–Kier alpha value is -0.950. The van der Waals surface area contributed by atoms with Crippen LogP contribution in [-0.4, -0.2) is 9.19 Å². The molecule has 0 aliphatic rings. The van der Waals surface area contributed by atoms with Crippen LogP contribution in [0.2, 0.25) is 0 Å². The predicted octanol–water partition coefficient (Wildman–Crippen LogP) is 1.57. The Bertz CT molecular complexity index is 295. The van der Waals surface area contributed by atoms with Gasteiger partial charge in [0.15, 0.2) is 5.69 Å². The third-order valence-corrected chi connectivity index (χ3v) is 1.72. The van der Waals surface area contributed by atoms with Crippen LogP contribution in [0.3, 0.4) is 0 Å². The fraction of sp³-hybridized carbons (Fsp3) is 0.429. The van der Waals surface area contributed by atoms with E-state index in [1.54, 1.807) is 6.07 Å². The average Bonchev–Trinajstić information content (AvgIpc) is 2.31. The summed E-state index contributed by atoms with van der Waals surface area (Å²) in [4.78, 5) is 0. The van der Waals surface area contributed by atoms with Crippen LogP contribution in [0.25, 0.3) is 0 Å². The van der Waals surface area contributed by atoms with Crippen molar-refractivity contribution in [3.8, 4) is 6.07 Å². The zero-order valence-electron chi connectivity index (χ0n) is 6.44. The molecule has 0 amide bonds. The van der Waals surface area contributed by atoms with Crippen molar-refractivity contribution < 1.29 is 0 Å². The van der Waals surface area contributed by atoms with Crippen LogP contribution in [0.15, 0.2) is 6.07 Å². The van der Waals surface area contributed by atoms with Gasteiger partial charge in [0.05, 0.1) is 5.69 Å². The molecule has 0 unspecified atom stereocenters. The Labute approximate surface area is 71.2 Å². The molecule has 1 aromatic heterocycles. The van der Waals surface area contributed by atoms with Crippen molar-refractivity contribution >= 4 is 12.8 Å². The first kappa shape index (κ1) is 8.15. The van der Waals surface area contributed by atoms with Crippen molar-refractivity contribution in [2.75, 3.05) is 0 Å². The first-order chi connectivity index (χ1) is 5.15. The van der Waals surface area contributed by atoms with E-state index < -0.39 is 0 Å². The summed E-state index contributed by atoms with van der Waals surface area (Å²) in [7, 11) is 0. The first-order valence-electron chi connectivity index (χ1n) is 3.34. The van der Waals surface area contributed by atoms with Crippen LogP contribution < -0.4 is 0 Å². The van der Waals surface area contributed by atoms with Crippen LogP contribution in [0, 0.1) is 11.3 Å². The quantitative estimate of drug-likeness (QED) is 0.645. The highest BCUT2D eigenvalue weighted by molar-refractivity contribution is 7.78. The van der Waals surface area contributed by atoms with Gasteiger partial charge in [-0.1, -0.05) is 13.8 Å². The Morgan fingerprint density at radius 1 is 1.73 bits per heavy atom. The summed E-state index contributed by atoms with van der Waals surface area (Å²) in [5.74, 6) is 0.343. The van der Waals surface area contributed by atoms with Gasteiger partial charge >= 0.3 is 0 Å². The number of aromatic nitrogens is 2. The van der Waals surface area contributed by atoms with Crippen molar-refractivity contribution in [2.24, 2.45) is 0 Å². The molecule has 1 aromatic rings. The minimum Gasteiger partial charge on any atom is -0.199 e. The van der Waals surface area contributed by atoms with E-state index in [-0.39, 0.29) is 0 Å². The lowest BCUT2D eigenvalue weighted by molar-refractivity contribution is 0.800. The fourth-order valence-corrected chi connectivity index (χ4v) is 0.955. The molecule has 0 aliphatic heterocycles. The van der Waals surface area contributed by atoms with Gasteiger partial charge in [0.2, 0.25) is 0 Å². The highest BCUT2D eigenvalue weighted by Gasteiger charge is 2.07. The normalized spacial score (nSPS) is 10.1. The largest absolute Gasteiger partial charge is 0.199 e. The second-order valence-corrected chi connectivity index (χ2v) is 2.99. The number of rotatable bonds is 1. The summed E-state index contributed by atoms with van der Waals surface area (Å²) in [6.07, 6.45) is 0. The topological polar surface area (TPSA) is 41.6 Å². The van der Waals surface area contributed by atoms with Gasteiger partial charge in [-0.05, 0) is 24.8 Å². The van der Waals surface area contributed by atoms with E-state index in [2.05, 4.69) is 17.9 Å². The van der Waals surface area contributed by atoms with E-state index in [0.29, 0.717) is 11.6 Å². The molecule has 1 rings (SSSR count). The smallest absolute Gasteiger partial charge is 0.151 e. The van der Waals surface area contributed by atoms with Crippen LogP contribution in [-0.2, 0) is 0 Å². The Balaban J connectivity index is 3.07. The number of nitrogens with zero attached hydrogens (tertiary/aromatic N) is 3. The molecule has 58 valence electrons. The lowest BCUT2D eigenvalue weighted by Crippen LogP contribution is -1.89. The SMILES string of the molecule is CC(C)c1cc(C#N)n(S)n1. The zero-order chi connectivity index (χ0) is 8.43. The Morgan fingerprint density at radius 2 is 2.36 bits per heavy atom. The van der Waals surface area contributed by atoms with Gasteiger partial charge < -0.3 is 0 Å². The second kappa shape index (κ2) is 2.97. The molecule has 0 fully saturated rings. The summed E-state index contributed by atoms with van der Waals surface area (Å²) >= 11 is 3.98. The maximum Gasteiger partial charge on any atom is 0.151 e. The predicted molar refractivity (Wildman–Crippen MR) is 45.4 cm³/mol. The fourth-order valence-electron chi connectivity index (χ4n) is 0.749. The monoisotopic (exact) mass is 167 g/mol. The highest BCUT2D eigenvalue weighted by atomic mass is 32.1. The van der Waals surface area contributed by atoms with E-state index in [1.807, 2.05) is 19.9 Å². The highest BCUT2D eigenvalue weighted by Crippen LogP contribution is 2.13. The van der Waals surface area contributed by atoms with Gasteiger partial charge in [-0.3, -0.25) is 0 Å². The molecule has 0 aliphatic carbocycles. The van der Waals surface area contributed by atoms with E-state index in [0.717, 1.165) is 5.69 Å². The molecule has 0 bridgehead atoms. The summed E-state index contributed by atoms with van der Waals surface area (Å²) in [5.41, 5.74) is 1.38. The second-order valence-electron chi connectivity index (χ2n) is 2.61. The van der Waals surface area contributed by atoms with Crippen LogP contribution in [0.4, 0.5) is 0 Å². The first-order valence-corrected chi connectivity index (χ1v) is 3.74. The maximum absolute atomic E-state index is 8.55. The van der Waals surface area contributed by atoms with E-state index in [1.165, 1.54) is 4.09 Å². The molecule has 3 nitrogen and oxygen atoms in total. The molecular formula is C7H9N3S. The molecule has 0 saturated carbocycles. The third kappa shape index (κ3) is 1.55. The minimum absolute atomic E-state index is 0.343. The molecule has 0 N–H and O–H groups in total. The van der Waals surface area contributed by atoms with E-state index in [9.17, 15) is 0 Å². The van der Waals surface area contributed by atoms with Gasteiger partial charge in [0, 0.05) is 0 Å². The number of thiol groups is 1. The number of nitriles is 1. The average molecular weight is 167 g/mol. The zero-order valence-corrected chi connectivity index (χ0v) is 7.34. The molecule has 0 atom stereocenters. The van der Waals surface area contributed by atoms with E-state index >= 15 is 0 Å². The van der Waals surface area contributed by atoms with Crippen molar-refractivity contribution in [3.63, 3.8) is 0 Å². The van der Waals surface area contributed by atoms with E-state index in [4.69, 9.17) is 5.26 Å². The molecular weight excluding hydrogens is 158 g/mol. The van der Waals surface area contributed by atoms with Crippen LogP contribution in [0.1, 0.15) is 31.2 Å². The standard InChI is InChI=1S/C7H9N3S/c1-5(2)7-3-6(4-8)10(11)9-7/h3,5,11H,1-2H3. The summed E-state index contributed by atoms with van der Waals surface area (Å²) < 4.78 is 1.30. The molecule has 1 heterocycles. The van der Waals surface area contributed by atoms with Gasteiger partial charge in [0.1, 0.15) is 6.07 Å². The molecule has 0 radical (unpaired) electrons. The van der Waals surface area contributed by atoms with Crippen molar-refractivity contribution in [1.82, 2.24) is 9.19 Å². The molecule has 4 heteroatoms. The van der Waals surface area contributed by atoms with Crippen molar-refractivity contribution in [3.05, 3.63) is 17.5 Å².